The van der Waals surface area contributed by atoms with Gasteiger partial charge in [-0.1, -0.05) is 237 Å². The minimum Gasteiger partial charge on any atom is -0.279 e. The van der Waals surface area contributed by atoms with Crippen LogP contribution in [-0.4, -0.2) is 0 Å². The van der Waals surface area contributed by atoms with Gasteiger partial charge in [-0.05, 0) is 104 Å². The molecule has 1 fully saturated rings. The zero-order valence-electron chi connectivity index (χ0n) is 35.2. The molecule has 0 aromatic heterocycles. The van der Waals surface area contributed by atoms with E-state index in [0.717, 1.165) is 0 Å². The molecule has 64 heavy (non-hydrogen) atoms. The second-order valence-corrected chi connectivity index (χ2v) is 16.9. The van der Waals surface area contributed by atoms with Gasteiger partial charge in [0.25, 0.3) is 0 Å². The molecular weight excluding hydrogens is 775 g/mol. The van der Waals surface area contributed by atoms with Crippen molar-refractivity contribution in [3.05, 3.63) is 253 Å². The molecule has 1 aliphatic heterocycles. The van der Waals surface area contributed by atoms with Crippen LogP contribution in [0.1, 0.15) is 35.2 Å². The number of hydrogen-bond acceptors (Lipinski definition) is 3. The molecule has 1 saturated heterocycles. The van der Waals surface area contributed by atoms with Crippen molar-refractivity contribution in [2.75, 3.05) is 0 Å². The minimum absolute atomic E-state index is 0.156. The molecule has 11 aromatic rings. The molecule has 0 bridgehead atoms. The Morgan fingerprint density at radius 1 is 0.250 bits per heavy atom. The van der Waals surface area contributed by atoms with Crippen molar-refractivity contribution in [2.24, 2.45) is 0 Å². The highest BCUT2D eigenvalue weighted by molar-refractivity contribution is 6.29. The Morgan fingerprint density at radius 3 is 1.33 bits per heavy atom. The first kappa shape index (κ1) is 38.0. The smallest absolute Gasteiger partial charge is 0.0870 e. The van der Waals surface area contributed by atoms with Crippen LogP contribution < -0.4 is 16.0 Å². The van der Waals surface area contributed by atoms with Crippen molar-refractivity contribution >= 4 is 43.1 Å². The predicted octanol–water partition coefficient (Wildman–Crippen LogP) is 15.1. The Morgan fingerprint density at radius 2 is 0.703 bits per heavy atom. The highest BCUT2D eigenvalue weighted by Gasteiger charge is 2.32. The van der Waals surface area contributed by atoms with Gasteiger partial charge >= 0.3 is 0 Å². The van der Waals surface area contributed by atoms with Crippen LogP contribution in [0.4, 0.5) is 0 Å². The maximum absolute atomic E-state index is 4.02. The van der Waals surface area contributed by atoms with E-state index in [1.807, 2.05) is 0 Å². The summed E-state index contributed by atoms with van der Waals surface area (Å²) in [6.45, 7) is 0. The average Bonchev–Trinajstić information content (AvgIpc) is 3.38. The Kier molecular flexibility index (Phi) is 9.65. The summed E-state index contributed by atoms with van der Waals surface area (Å²) in [4.78, 5) is 0. The first-order chi connectivity index (χ1) is 31.8. The summed E-state index contributed by atoms with van der Waals surface area (Å²) in [6, 6.07) is 86.2. The predicted molar refractivity (Wildman–Crippen MR) is 269 cm³/mol. The maximum atomic E-state index is 4.02. The van der Waals surface area contributed by atoms with E-state index in [9.17, 15) is 0 Å². The highest BCUT2D eigenvalue weighted by Crippen LogP contribution is 2.48. The standard InChI is InChI=1S/C61H45N3/c1-3-18-40(19-4-1)47-26-11-15-31-53(47)60-62-59(63-61(64-60)54-32-16-12-27-48(54)41-20-5-2-6-21-41)45-36-34-44(35-37-45)56-51-29-13-14-30-52(51)57(50-33-17-24-42-22-7-9-25-46(42)50)55-39-38-43-23-8-10-28-49(43)58(55)56/h1-39,59-64H. The van der Waals surface area contributed by atoms with Crippen molar-refractivity contribution in [3.63, 3.8) is 0 Å². The zero-order valence-corrected chi connectivity index (χ0v) is 35.2. The third-order valence-corrected chi connectivity index (χ3v) is 13.2. The van der Waals surface area contributed by atoms with Crippen molar-refractivity contribution in [3.8, 4) is 44.5 Å². The van der Waals surface area contributed by atoms with Gasteiger partial charge in [0.1, 0.15) is 0 Å². The van der Waals surface area contributed by atoms with E-state index in [4.69, 9.17) is 0 Å². The van der Waals surface area contributed by atoms with Crippen LogP contribution in [0.25, 0.3) is 87.6 Å². The molecule has 2 unspecified atom stereocenters. The fraction of sp³-hybridized carbons (Fsp3) is 0.0492. The SMILES string of the molecule is c1ccc(-c2ccccc2C2NC(c3ccc(-c4c5ccccc5c(-c5cccc6ccccc56)c5ccc6ccccc6c45)cc3)NC(c3ccccc3-c3ccccc3)N2)cc1. The quantitative estimate of drug-likeness (QED) is 0.111. The third kappa shape index (κ3) is 6.66. The molecule has 1 heterocycles. The molecule has 3 nitrogen and oxygen atoms in total. The van der Waals surface area contributed by atoms with Crippen molar-refractivity contribution in [1.82, 2.24) is 16.0 Å². The number of hydrogen-bond donors (Lipinski definition) is 3. The summed E-state index contributed by atoms with van der Waals surface area (Å²) in [5.74, 6) is 0. The lowest BCUT2D eigenvalue weighted by Crippen LogP contribution is -2.54. The molecule has 0 saturated carbocycles. The van der Waals surface area contributed by atoms with Gasteiger partial charge < -0.3 is 0 Å². The van der Waals surface area contributed by atoms with Crippen molar-refractivity contribution < 1.29 is 0 Å². The van der Waals surface area contributed by atoms with Crippen LogP contribution in [0.3, 0.4) is 0 Å². The van der Waals surface area contributed by atoms with Gasteiger partial charge in [-0.2, -0.15) is 0 Å². The van der Waals surface area contributed by atoms with Gasteiger partial charge in [-0.3, -0.25) is 16.0 Å². The molecule has 0 amide bonds. The fourth-order valence-corrected chi connectivity index (χ4v) is 10.3. The molecule has 3 N–H and O–H groups in total. The van der Waals surface area contributed by atoms with E-state index in [-0.39, 0.29) is 18.5 Å². The third-order valence-electron chi connectivity index (χ3n) is 13.2. The van der Waals surface area contributed by atoms with E-state index in [2.05, 4.69) is 253 Å². The van der Waals surface area contributed by atoms with E-state index in [1.54, 1.807) is 0 Å². The minimum atomic E-state index is -0.166. The normalized spacial score (nSPS) is 16.4. The van der Waals surface area contributed by atoms with Gasteiger partial charge in [-0.15, -0.1) is 0 Å². The van der Waals surface area contributed by atoms with Crippen molar-refractivity contribution in [1.29, 1.82) is 0 Å². The lowest BCUT2D eigenvalue weighted by molar-refractivity contribution is 0.204. The summed E-state index contributed by atoms with van der Waals surface area (Å²) in [5, 5.41) is 22.1. The van der Waals surface area contributed by atoms with Gasteiger partial charge in [0.2, 0.25) is 0 Å². The monoisotopic (exact) mass is 819 g/mol. The molecule has 0 aliphatic carbocycles. The Hall–Kier alpha value is -7.66. The van der Waals surface area contributed by atoms with Crippen LogP contribution in [0.15, 0.2) is 237 Å². The first-order valence-corrected chi connectivity index (χ1v) is 22.3. The van der Waals surface area contributed by atoms with E-state index in [1.165, 1.54) is 104 Å². The van der Waals surface area contributed by atoms with Crippen LogP contribution in [-0.2, 0) is 0 Å². The molecule has 0 radical (unpaired) electrons. The van der Waals surface area contributed by atoms with Crippen LogP contribution in [0.2, 0.25) is 0 Å². The van der Waals surface area contributed by atoms with E-state index in [0.29, 0.717) is 0 Å². The van der Waals surface area contributed by atoms with Gasteiger partial charge in [0.05, 0.1) is 18.5 Å². The second kappa shape index (κ2) is 16.2. The molecule has 304 valence electrons. The molecule has 3 heteroatoms. The summed E-state index contributed by atoms with van der Waals surface area (Å²) in [5.41, 5.74) is 13.4. The number of benzene rings is 11. The lowest BCUT2D eigenvalue weighted by atomic mass is 9.83. The Labute approximate surface area is 373 Å². The van der Waals surface area contributed by atoms with E-state index >= 15 is 0 Å². The van der Waals surface area contributed by atoms with Crippen molar-refractivity contribution in [2.45, 2.75) is 18.5 Å². The average molecular weight is 820 g/mol. The second-order valence-electron chi connectivity index (χ2n) is 16.9. The summed E-state index contributed by atoms with van der Waals surface area (Å²) >= 11 is 0. The summed E-state index contributed by atoms with van der Waals surface area (Å²) < 4.78 is 0. The highest BCUT2D eigenvalue weighted by atomic mass is 15.4. The molecule has 11 aromatic carbocycles. The van der Waals surface area contributed by atoms with Crippen LogP contribution >= 0.6 is 0 Å². The largest absolute Gasteiger partial charge is 0.279 e. The summed E-state index contributed by atoms with van der Waals surface area (Å²) in [7, 11) is 0. The number of rotatable bonds is 7. The first-order valence-electron chi connectivity index (χ1n) is 22.3. The fourth-order valence-electron chi connectivity index (χ4n) is 10.3. The van der Waals surface area contributed by atoms with E-state index < -0.39 is 0 Å². The lowest BCUT2D eigenvalue weighted by Gasteiger charge is -2.41. The van der Waals surface area contributed by atoms with Gasteiger partial charge in [-0.25, -0.2) is 0 Å². The molecule has 12 rings (SSSR count). The number of fused-ring (bicyclic) bond motifs is 5. The maximum Gasteiger partial charge on any atom is 0.0870 e. The van der Waals surface area contributed by atoms with Gasteiger partial charge in [0, 0.05) is 0 Å². The Balaban J connectivity index is 1.01. The molecule has 2 atom stereocenters. The Bertz CT molecular complexity index is 3390. The zero-order chi connectivity index (χ0) is 42.4. The van der Waals surface area contributed by atoms with Gasteiger partial charge in [0.15, 0.2) is 0 Å². The van der Waals surface area contributed by atoms with Crippen LogP contribution in [0, 0.1) is 0 Å². The topological polar surface area (TPSA) is 36.1 Å². The number of nitrogens with one attached hydrogen (secondary N) is 3. The molecular formula is C61H45N3. The molecule has 0 spiro atoms. The molecule has 1 aliphatic rings. The summed E-state index contributed by atoms with van der Waals surface area (Å²) in [6.07, 6.45) is -0.477. The van der Waals surface area contributed by atoms with Crippen LogP contribution in [0.5, 0.6) is 0 Å².